The molecule has 0 N–H and O–H groups in total. The first-order chi connectivity index (χ1) is 11.6. The van der Waals surface area contributed by atoms with E-state index in [2.05, 4.69) is 4.98 Å². The molecule has 5 heteroatoms. The molecule has 1 heterocycles. The van der Waals surface area contributed by atoms with Crippen molar-refractivity contribution in [1.82, 2.24) is 9.55 Å². The monoisotopic (exact) mass is 301 g/mol. The van der Waals surface area contributed by atoms with Gasteiger partial charge in [-0.15, -0.1) is 0 Å². The molecule has 0 unspecified atom stereocenters. The minimum absolute atomic E-state index is 0.194. The van der Waals surface area contributed by atoms with Gasteiger partial charge in [0.2, 0.25) is 0 Å². The van der Waals surface area contributed by atoms with Crippen molar-refractivity contribution in [2.75, 3.05) is 0 Å². The molecule has 1 saturated carbocycles. The van der Waals surface area contributed by atoms with Crippen LogP contribution < -0.4 is 5.56 Å². The molecule has 3 rings (SSSR count). The van der Waals surface area contributed by atoms with Crippen molar-refractivity contribution < 1.29 is 13.7 Å². The average molecular weight is 301 g/mol. The van der Waals surface area contributed by atoms with Gasteiger partial charge in [-0.25, -0.2) is 4.98 Å². The SMILES string of the molecule is [2H]C1([2H])CC[C@@]([2H])(n2c(C)nc3ccc(C)cc3c2=O)C(=O)CC1=O. The number of aryl methyl sites for hydroxylation is 2. The van der Waals surface area contributed by atoms with Crippen molar-refractivity contribution in [1.29, 1.82) is 0 Å². The van der Waals surface area contributed by atoms with Crippen molar-refractivity contribution in [3.63, 3.8) is 0 Å². The fraction of sp³-hybridized carbons (Fsp3) is 0.412. The maximum absolute atomic E-state index is 13.0. The van der Waals surface area contributed by atoms with Crippen LogP contribution in [0.4, 0.5) is 0 Å². The lowest BCUT2D eigenvalue weighted by Crippen LogP contribution is -2.32. The van der Waals surface area contributed by atoms with Crippen molar-refractivity contribution in [3.8, 4) is 0 Å². The van der Waals surface area contributed by atoms with E-state index in [1.165, 1.54) is 6.92 Å². The number of ketones is 2. The van der Waals surface area contributed by atoms with Crippen LogP contribution in [0.25, 0.3) is 10.9 Å². The van der Waals surface area contributed by atoms with Gasteiger partial charge in [-0.3, -0.25) is 19.0 Å². The summed E-state index contributed by atoms with van der Waals surface area (Å²) in [7, 11) is 0. The lowest BCUT2D eigenvalue weighted by Gasteiger charge is -2.19. The summed E-state index contributed by atoms with van der Waals surface area (Å²) in [5.74, 6) is -1.43. The molecule has 1 atom stereocenters. The molecule has 1 aromatic heterocycles. The largest absolute Gasteiger partial charge is 0.299 e. The van der Waals surface area contributed by atoms with Crippen LogP contribution >= 0.6 is 0 Å². The van der Waals surface area contributed by atoms with E-state index < -0.39 is 35.9 Å². The topological polar surface area (TPSA) is 69.0 Å². The number of carbonyl (C=O) groups is 2. The Balaban J connectivity index is 2.25. The van der Waals surface area contributed by atoms with Crippen molar-refractivity contribution in [2.24, 2.45) is 0 Å². The Bertz CT molecular complexity index is 967. The third-order valence-corrected chi connectivity index (χ3v) is 3.79. The third-order valence-electron chi connectivity index (χ3n) is 3.79. The minimum Gasteiger partial charge on any atom is -0.299 e. The van der Waals surface area contributed by atoms with Crippen LogP contribution in [0.5, 0.6) is 0 Å². The van der Waals surface area contributed by atoms with E-state index in [1.54, 1.807) is 12.1 Å². The van der Waals surface area contributed by atoms with Crippen LogP contribution in [-0.2, 0) is 9.59 Å². The fourth-order valence-electron chi connectivity index (χ4n) is 2.73. The van der Waals surface area contributed by atoms with Crippen LogP contribution in [0, 0.1) is 13.8 Å². The second-order valence-electron chi connectivity index (χ2n) is 5.47. The Hall–Kier alpha value is -2.30. The van der Waals surface area contributed by atoms with E-state index in [9.17, 15) is 14.4 Å². The maximum Gasteiger partial charge on any atom is 0.262 e. The fourth-order valence-corrected chi connectivity index (χ4v) is 2.73. The Morgan fingerprint density at radius 2 is 2.09 bits per heavy atom. The first-order valence-electron chi connectivity index (χ1n) is 8.63. The molecular weight excluding hydrogens is 280 g/mol. The van der Waals surface area contributed by atoms with Crippen molar-refractivity contribution in [2.45, 2.75) is 45.5 Å². The smallest absolute Gasteiger partial charge is 0.262 e. The van der Waals surface area contributed by atoms with E-state index in [0.717, 1.165) is 10.1 Å². The quantitative estimate of drug-likeness (QED) is 0.598. The highest BCUT2D eigenvalue weighted by Gasteiger charge is 2.28. The van der Waals surface area contributed by atoms with Gasteiger partial charge in [0.05, 0.1) is 24.7 Å². The molecule has 0 radical (unpaired) electrons. The molecule has 1 aliphatic carbocycles. The van der Waals surface area contributed by atoms with Gasteiger partial charge >= 0.3 is 0 Å². The molecule has 114 valence electrons. The van der Waals surface area contributed by atoms with Gasteiger partial charge in [0.25, 0.3) is 5.56 Å². The molecule has 0 bridgehead atoms. The zero-order valence-electron chi connectivity index (χ0n) is 15.5. The van der Waals surface area contributed by atoms with Crippen molar-refractivity contribution in [3.05, 3.63) is 39.9 Å². The van der Waals surface area contributed by atoms with Gasteiger partial charge in [0.1, 0.15) is 11.6 Å². The molecule has 0 amide bonds. The molecular formula is C17H18N2O3. The number of hydrogen-bond donors (Lipinski definition) is 0. The Morgan fingerprint density at radius 1 is 1.32 bits per heavy atom. The number of aromatic nitrogens is 2. The predicted octanol–water partition coefficient (Wildman–Crippen LogP) is 2.27. The first-order valence-corrected chi connectivity index (χ1v) is 7.13. The minimum atomic E-state index is -2.17. The van der Waals surface area contributed by atoms with E-state index in [1.807, 2.05) is 13.0 Å². The predicted molar refractivity (Wildman–Crippen MR) is 83.0 cm³/mol. The zero-order chi connectivity index (χ0) is 18.6. The molecule has 0 spiro atoms. The molecule has 1 aromatic carbocycles. The number of Topliss-reactive ketones (excluding diaryl/α,β-unsaturated/α-hetero) is 2. The molecule has 22 heavy (non-hydrogen) atoms. The highest BCUT2D eigenvalue weighted by atomic mass is 16.2. The number of carbonyl (C=O) groups excluding carboxylic acids is 2. The third kappa shape index (κ3) is 2.47. The Labute approximate surface area is 132 Å². The molecule has 2 aromatic rings. The van der Waals surface area contributed by atoms with Gasteiger partial charge in [0.15, 0.2) is 5.78 Å². The van der Waals surface area contributed by atoms with E-state index >= 15 is 0 Å². The lowest BCUT2D eigenvalue weighted by molar-refractivity contribution is -0.127. The molecule has 1 fully saturated rings. The summed E-state index contributed by atoms with van der Waals surface area (Å²) in [5.41, 5.74) is 0.796. The molecule has 5 nitrogen and oxygen atoms in total. The first kappa shape index (κ1) is 11.3. The molecule has 0 saturated heterocycles. The maximum atomic E-state index is 13.0. The zero-order valence-corrected chi connectivity index (χ0v) is 12.5. The number of nitrogens with zero attached hydrogens (tertiary/aromatic N) is 2. The summed E-state index contributed by atoms with van der Waals surface area (Å²) >= 11 is 0. The molecule has 1 aliphatic rings. The van der Waals surface area contributed by atoms with Gasteiger partial charge in [-0.1, -0.05) is 11.6 Å². The second-order valence-corrected chi connectivity index (χ2v) is 5.47. The van der Waals surface area contributed by atoms with Crippen molar-refractivity contribution >= 4 is 22.5 Å². The summed E-state index contributed by atoms with van der Waals surface area (Å²) in [5, 5.41) is 0.295. The summed E-state index contributed by atoms with van der Waals surface area (Å²) in [6, 6.07) is 3.14. The van der Waals surface area contributed by atoms with Gasteiger partial charge in [-0.2, -0.15) is 0 Å². The summed E-state index contributed by atoms with van der Waals surface area (Å²) < 4.78 is 25.1. The van der Waals surface area contributed by atoms with E-state index in [0.29, 0.717) is 10.9 Å². The highest BCUT2D eigenvalue weighted by Crippen LogP contribution is 2.23. The van der Waals surface area contributed by atoms with Gasteiger partial charge in [0, 0.05) is 9.11 Å². The number of rotatable bonds is 1. The summed E-state index contributed by atoms with van der Waals surface area (Å²) in [6.07, 6.45) is -3.42. The lowest BCUT2D eigenvalue weighted by atomic mass is 10.1. The number of benzene rings is 1. The number of fused-ring (bicyclic) bond motifs is 1. The van der Waals surface area contributed by atoms with Gasteiger partial charge < -0.3 is 0 Å². The van der Waals surface area contributed by atoms with Crippen LogP contribution in [0.1, 0.15) is 47.2 Å². The average Bonchev–Trinajstić information content (AvgIpc) is 2.60. The van der Waals surface area contributed by atoms with E-state index in [-0.39, 0.29) is 18.7 Å². The van der Waals surface area contributed by atoms with Crippen LogP contribution in [0.2, 0.25) is 0 Å². The van der Waals surface area contributed by atoms with Gasteiger partial charge in [-0.05, 0) is 38.8 Å². The standard InChI is InChI=1S/C17H18N2O3/c1-10-6-7-14-13(8-10)17(22)19(11(2)18-14)15-5-3-4-12(20)9-16(15)21/h6-8,15H,3-5,9H2,1-2H3/t15-/m1/s1/i4D2,15D. The Kier molecular flexibility index (Phi) is 2.81. The summed E-state index contributed by atoms with van der Waals surface area (Å²) in [4.78, 5) is 41.8. The normalized spacial score (nSPS) is 27.1. The van der Waals surface area contributed by atoms with Crippen LogP contribution in [0.3, 0.4) is 0 Å². The van der Waals surface area contributed by atoms with Crippen LogP contribution in [0.15, 0.2) is 23.0 Å². The summed E-state index contributed by atoms with van der Waals surface area (Å²) in [6.45, 7) is 3.36. The number of hydrogen-bond acceptors (Lipinski definition) is 4. The van der Waals surface area contributed by atoms with Crippen LogP contribution in [-0.4, -0.2) is 21.1 Å². The van der Waals surface area contributed by atoms with E-state index in [4.69, 9.17) is 4.11 Å². The Morgan fingerprint density at radius 3 is 2.86 bits per heavy atom. The highest BCUT2D eigenvalue weighted by molar-refractivity contribution is 6.01. The second kappa shape index (κ2) is 5.48. The molecule has 0 aliphatic heterocycles.